The Labute approximate surface area is 108 Å². The predicted octanol–water partition coefficient (Wildman–Crippen LogP) is 1.62. The van der Waals surface area contributed by atoms with E-state index in [2.05, 4.69) is 34.7 Å². The third kappa shape index (κ3) is 3.20. The van der Waals surface area contributed by atoms with Crippen molar-refractivity contribution in [3.63, 3.8) is 0 Å². The highest BCUT2D eigenvalue weighted by Gasteiger charge is 2.03. The second-order valence-electron chi connectivity index (χ2n) is 4.59. The van der Waals surface area contributed by atoms with E-state index in [0.29, 0.717) is 0 Å². The quantitative estimate of drug-likeness (QED) is 0.844. The van der Waals surface area contributed by atoms with Gasteiger partial charge in [-0.2, -0.15) is 10.2 Å². The first-order valence-corrected chi connectivity index (χ1v) is 6.41. The van der Waals surface area contributed by atoms with Crippen LogP contribution in [0.5, 0.6) is 0 Å². The third-order valence-corrected chi connectivity index (χ3v) is 2.89. The molecule has 0 unspecified atom stereocenters. The molecule has 0 bridgehead atoms. The molecule has 0 aromatic carbocycles. The molecule has 1 N–H and O–H groups in total. The lowest BCUT2D eigenvalue weighted by Crippen LogP contribution is -2.13. The molecular weight excluding hydrogens is 226 g/mol. The zero-order valence-corrected chi connectivity index (χ0v) is 11.3. The lowest BCUT2D eigenvalue weighted by atomic mass is 10.2. The molecule has 2 rings (SSSR count). The van der Waals surface area contributed by atoms with Crippen LogP contribution in [0, 0.1) is 6.92 Å². The van der Waals surface area contributed by atoms with E-state index < -0.39 is 0 Å². The lowest BCUT2D eigenvalue weighted by molar-refractivity contribution is 0.582. The molecule has 2 aromatic rings. The Morgan fingerprint density at radius 1 is 1.28 bits per heavy atom. The van der Waals surface area contributed by atoms with E-state index in [9.17, 15) is 0 Å². The van der Waals surface area contributed by atoms with Crippen LogP contribution in [0.25, 0.3) is 0 Å². The van der Waals surface area contributed by atoms with Gasteiger partial charge in [-0.05, 0) is 19.4 Å². The molecule has 98 valence electrons. The van der Waals surface area contributed by atoms with Gasteiger partial charge >= 0.3 is 0 Å². The maximum Gasteiger partial charge on any atom is 0.0762 e. The Bertz CT molecular complexity index is 497. The SMILES string of the molecule is CCCn1ccc(CNCc2cn(C)nc2C)n1. The minimum atomic E-state index is 0.797. The minimum absolute atomic E-state index is 0.797. The van der Waals surface area contributed by atoms with Gasteiger partial charge in [0.2, 0.25) is 0 Å². The molecule has 2 heterocycles. The number of nitrogens with zero attached hydrogens (tertiary/aromatic N) is 4. The highest BCUT2D eigenvalue weighted by atomic mass is 15.3. The number of nitrogens with one attached hydrogen (secondary N) is 1. The molecule has 0 spiro atoms. The smallest absolute Gasteiger partial charge is 0.0762 e. The molecule has 0 fully saturated rings. The highest BCUT2D eigenvalue weighted by Crippen LogP contribution is 2.04. The number of aromatic nitrogens is 4. The standard InChI is InChI=1S/C13H21N5/c1-4-6-18-7-5-13(16-18)9-14-8-12-10-17(3)15-11(12)2/h5,7,10,14H,4,6,8-9H2,1-3H3. The van der Waals surface area contributed by atoms with Gasteiger partial charge in [0.15, 0.2) is 0 Å². The van der Waals surface area contributed by atoms with Crippen LogP contribution in [-0.4, -0.2) is 19.6 Å². The Hall–Kier alpha value is -1.62. The summed E-state index contributed by atoms with van der Waals surface area (Å²) in [6, 6.07) is 2.07. The molecule has 0 aliphatic rings. The van der Waals surface area contributed by atoms with E-state index in [1.807, 2.05) is 29.5 Å². The Morgan fingerprint density at radius 2 is 2.11 bits per heavy atom. The van der Waals surface area contributed by atoms with E-state index in [1.54, 1.807) is 0 Å². The molecule has 0 radical (unpaired) electrons. The van der Waals surface area contributed by atoms with Gasteiger partial charge in [0, 0.05) is 44.6 Å². The minimum Gasteiger partial charge on any atom is -0.307 e. The second-order valence-corrected chi connectivity index (χ2v) is 4.59. The van der Waals surface area contributed by atoms with Crippen LogP contribution in [0.3, 0.4) is 0 Å². The van der Waals surface area contributed by atoms with Crippen LogP contribution in [-0.2, 0) is 26.7 Å². The van der Waals surface area contributed by atoms with Gasteiger partial charge < -0.3 is 5.32 Å². The van der Waals surface area contributed by atoms with Gasteiger partial charge in [-0.15, -0.1) is 0 Å². The molecule has 0 amide bonds. The molecule has 18 heavy (non-hydrogen) atoms. The van der Waals surface area contributed by atoms with E-state index in [1.165, 1.54) is 5.56 Å². The average Bonchev–Trinajstić information content (AvgIpc) is 2.87. The summed E-state index contributed by atoms with van der Waals surface area (Å²) in [5, 5.41) is 12.2. The van der Waals surface area contributed by atoms with Gasteiger partial charge in [-0.1, -0.05) is 6.92 Å². The van der Waals surface area contributed by atoms with Gasteiger partial charge in [-0.25, -0.2) is 0 Å². The van der Waals surface area contributed by atoms with Crippen molar-refractivity contribution in [3.8, 4) is 0 Å². The molecule has 5 nitrogen and oxygen atoms in total. The van der Waals surface area contributed by atoms with Crippen molar-refractivity contribution in [2.24, 2.45) is 7.05 Å². The van der Waals surface area contributed by atoms with Crippen LogP contribution in [0.4, 0.5) is 0 Å². The summed E-state index contributed by atoms with van der Waals surface area (Å²) in [6.07, 6.45) is 5.21. The van der Waals surface area contributed by atoms with Crippen LogP contribution >= 0.6 is 0 Å². The molecule has 0 saturated carbocycles. The number of hydrogen-bond donors (Lipinski definition) is 1. The number of aryl methyl sites for hydroxylation is 3. The van der Waals surface area contributed by atoms with Gasteiger partial charge in [-0.3, -0.25) is 9.36 Å². The lowest BCUT2D eigenvalue weighted by Gasteiger charge is -2.01. The normalized spacial score (nSPS) is 11.1. The number of rotatable bonds is 6. The van der Waals surface area contributed by atoms with Crippen LogP contribution in [0.1, 0.15) is 30.3 Å². The summed E-state index contributed by atoms with van der Waals surface area (Å²) in [6.45, 7) is 6.81. The highest BCUT2D eigenvalue weighted by molar-refractivity contribution is 5.15. The Kier molecular flexibility index (Phi) is 4.15. The summed E-state index contributed by atoms with van der Waals surface area (Å²) < 4.78 is 3.84. The van der Waals surface area contributed by atoms with Crippen molar-refractivity contribution < 1.29 is 0 Å². The maximum absolute atomic E-state index is 4.49. The summed E-state index contributed by atoms with van der Waals surface area (Å²) in [5.74, 6) is 0. The summed E-state index contributed by atoms with van der Waals surface area (Å²) in [5.41, 5.74) is 3.41. The predicted molar refractivity (Wildman–Crippen MR) is 71.0 cm³/mol. The number of hydrogen-bond acceptors (Lipinski definition) is 3. The first-order chi connectivity index (χ1) is 8.69. The van der Waals surface area contributed by atoms with Crippen LogP contribution < -0.4 is 5.32 Å². The third-order valence-electron chi connectivity index (χ3n) is 2.89. The largest absolute Gasteiger partial charge is 0.307 e. The van der Waals surface area contributed by atoms with Crippen molar-refractivity contribution in [1.82, 2.24) is 24.9 Å². The van der Waals surface area contributed by atoms with Gasteiger partial charge in [0.05, 0.1) is 11.4 Å². The molecule has 0 atom stereocenters. The maximum atomic E-state index is 4.49. The topological polar surface area (TPSA) is 47.7 Å². The Morgan fingerprint density at radius 3 is 2.78 bits per heavy atom. The summed E-state index contributed by atoms with van der Waals surface area (Å²) >= 11 is 0. The van der Waals surface area contributed by atoms with Crippen LogP contribution in [0.15, 0.2) is 18.5 Å². The van der Waals surface area contributed by atoms with E-state index in [0.717, 1.165) is 37.4 Å². The fraction of sp³-hybridized carbons (Fsp3) is 0.538. The average molecular weight is 247 g/mol. The summed E-state index contributed by atoms with van der Waals surface area (Å²) in [4.78, 5) is 0. The first-order valence-electron chi connectivity index (χ1n) is 6.41. The zero-order chi connectivity index (χ0) is 13.0. The van der Waals surface area contributed by atoms with Crippen molar-refractivity contribution in [2.75, 3.05) is 0 Å². The fourth-order valence-corrected chi connectivity index (χ4v) is 2.00. The molecule has 0 aliphatic heterocycles. The van der Waals surface area contributed by atoms with E-state index >= 15 is 0 Å². The molecule has 0 saturated heterocycles. The van der Waals surface area contributed by atoms with E-state index in [4.69, 9.17) is 0 Å². The van der Waals surface area contributed by atoms with Gasteiger partial charge in [0.25, 0.3) is 0 Å². The molecule has 2 aromatic heterocycles. The molecule has 0 aliphatic carbocycles. The monoisotopic (exact) mass is 247 g/mol. The second kappa shape index (κ2) is 5.82. The zero-order valence-electron chi connectivity index (χ0n) is 11.3. The Balaban J connectivity index is 1.82. The van der Waals surface area contributed by atoms with Crippen molar-refractivity contribution in [1.29, 1.82) is 0 Å². The molecular formula is C13H21N5. The van der Waals surface area contributed by atoms with Gasteiger partial charge in [0.1, 0.15) is 0 Å². The fourth-order valence-electron chi connectivity index (χ4n) is 2.00. The molecule has 5 heteroatoms. The summed E-state index contributed by atoms with van der Waals surface area (Å²) in [7, 11) is 1.95. The first kappa shape index (κ1) is 12.8. The van der Waals surface area contributed by atoms with Crippen molar-refractivity contribution in [3.05, 3.63) is 35.4 Å². The van der Waals surface area contributed by atoms with Crippen molar-refractivity contribution >= 4 is 0 Å². The van der Waals surface area contributed by atoms with Crippen LogP contribution in [0.2, 0.25) is 0 Å². The van der Waals surface area contributed by atoms with E-state index in [-0.39, 0.29) is 0 Å². The van der Waals surface area contributed by atoms with Crippen molar-refractivity contribution in [2.45, 2.75) is 39.9 Å².